The van der Waals surface area contributed by atoms with Crippen molar-refractivity contribution in [3.05, 3.63) is 23.0 Å². The predicted octanol–water partition coefficient (Wildman–Crippen LogP) is 2.38. The van der Waals surface area contributed by atoms with Crippen LogP contribution >= 0.6 is 27.5 Å². The summed E-state index contributed by atoms with van der Waals surface area (Å²) in [6, 6.07) is 3.36. The van der Waals surface area contributed by atoms with E-state index in [9.17, 15) is 4.79 Å². The van der Waals surface area contributed by atoms with Gasteiger partial charge >= 0.3 is 0 Å². The Bertz CT molecular complexity index is 330. The number of halogens is 2. The van der Waals surface area contributed by atoms with Gasteiger partial charge in [-0.2, -0.15) is 0 Å². The Morgan fingerprint density at radius 2 is 2.38 bits per heavy atom. The number of nitrogens with one attached hydrogen (secondary N) is 1. The van der Waals surface area contributed by atoms with Crippen molar-refractivity contribution >= 4 is 39.1 Å². The quantitative estimate of drug-likeness (QED) is 0.657. The zero-order chi connectivity index (χ0) is 9.84. The molecule has 1 aromatic heterocycles. The Labute approximate surface area is 89.6 Å². The van der Waals surface area contributed by atoms with Crippen molar-refractivity contribution in [2.45, 2.75) is 6.92 Å². The molecule has 70 valence electrons. The van der Waals surface area contributed by atoms with E-state index < -0.39 is 0 Å². The summed E-state index contributed by atoms with van der Waals surface area (Å²) in [6.07, 6.45) is 0. The van der Waals surface area contributed by atoms with Crippen LogP contribution in [0.4, 0.5) is 5.69 Å². The molecule has 0 atom stereocenters. The highest BCUT2D eigenvalue weighted by Crippen LogP contribution is 2.15. The summed E-state index contributed by atoms with van der Waals surface area (Å²) in [5.74, 6) is -0.104. The van der Waals surface area contributed by atoms with Crippen LogP contribution in [0.5, 0.6) is 0 Å². The van der Waals surface area contributed by atoms with Gasteiger partial charge in [0, 0.05) is 0 Å². The van der Waals surface area contributed by atoms with Crippen molar-refractivity contribution in [2.24, 2.45) is 0 Å². The van der Waals surface area contributed by atoms with Crippen LogP contribution in [0.1, 0.15) is 5.69 Å². The van der Waals surface area contributed by atoms with Gasteiger partial charge in [0.1, 0.15) is 5.15 Å². The molecule has 0 radical (unpaired) electrons. The summed E-state index contributed by atoms with van der Waals surface area (Å²) < 4.78 is 0. The summed E-state index contributed by atoms with van der Waals surface area (Å²) in [5, 5.41) is 3.38. The van der Waals surface area contributed by atoms with E-state index in [0.717, 1.165) is 0 Å². The first-order valence-corrected chi connectivity index (χ1v) is 5.12. The van der Waals surface area contributed by atoms with Gasteiger partial charge in [0.15, 0.2) is 0 Å². The highest BCUT2D eigenvalue weighted by Gasteiger charge is 2.03. The second-order valence-corrected chi connectivity index (χ2v) is 3.40. The molecule has 0 saturated heterocycles. The maximum Gasteiger partial charge on any atom is 0.235 e. The predicted molar refractivity (Wildman–Crippen MR) is 56.4 cm³/mol. The molecule has 1 aromatic rings. The minimum atomic E-state index is -0.104. The maximum atomic E-state index is 11.0. The topological polar surface area (TPSA) is 42.0 Å². The van der Waals surface area contributed by atoms with Gasteiger partial charge in [-0.15, -0.1) is 0 Å². The third-order valence-electron chi connectivity index (χ3n) is 1.45. The van der Waals surface area contributed by atoms with Gasteiger partial charge in [0.25, 0.3) is 0 Å². The monoisotopic (exact) mass is 262 g/mol. The van der Waals surface area contributed by atoms with Crippen LogP contribution in [-0.4, -0.2) is 16.2 Å². The van der Waals surface area contributed by atoms with Crippen LogP contribution in [0.25, 0.3) is 0 Å². The van der Waals surface area contributed by atoms with E-state index in [0.29, 0.717) is 16.5 Å². The molecule has 0 aliphatic rings. The molecule has 0 aliphatic heterocycles. The number of amides is 1. The molecule has 1 heterocycles. The van der Waals surface area contributed by atoms with E-state index in [1.807, 2.05) is 0 Å². The van der Waals surface area contributed by atoms with Gasteiger partial charge in [0.05, 0.1) is 16.7 Å². The minimum Gasteiger partial charge on any atom is -0.324 e. The molecule has 13 heavy (non-hydrogen) atoms. The first-order chi connectivity index (χ1) is 6.13. The zero-order valence-electron chi connectivity index (χ0n) is 6.97. The van der Waals surface area contributed by atoms with Crippen LogP contribution in [-0.2, 0) is 4.79 Å². The van der Waals surface area contributed by atoms with Crippen LogP contribution in [0.15, 0.2) is 12.1 Å². The van der Waals surface area contributed by atoms with Crippen LogP contribution < -0.4 is 5.32 Å². The first kappa shape index (κ1) is 10.5. The molecule has 1 N–H and O–H groups in total. The van der Waals surface area contributed by atoms with Crippen molar-refractivity contribution in [1.82, 2.24) is 4.98 Å². The lowest BCUT2D eigenvalue weighted by Gasteiger charge is -2.05. The molecule has 3 nitrogen and oxygen atoms in total. The summed E-state index contributed by atoms with van der Waals surface area (Å²) in [5.41, 5.74) is 1.40. The van der Waals surface area contributed by atoms with E-state index in [1.54, 1.807) is 19.1 Å². The molecule has 0 fully saturated rings. The highest BCUT2D eigenvalue weighted by atomic mass is 79.9. The largest absolute Gasteiger partial charge is 0.324 e. The van der Waals surface area contributed by atoms with Crippen molar-refractivity contribution in [3.8, 4) is 0 Å². The van der Waals surface area contributed by atoms with E-state index in [4.69, 9.17) is 11.6 Å². The van der Waals surface area contributed by atoms with Gasteiger partial charge in [-0.1, -0.05) is 27.5 Å². The third kappa shape index (κ3) is 2.97. The maximum absolute atomic E-state index is 11.0. The Balaban J connectivity index is 2.83. The summed E-state index contributed by atoms with van der Waals surface area (Å²) in [4.78, 5) is 15.0. The lowest BCUT2D eigenvalue weighted by molar-refractivity contribution is -0.113. The fraction of sp³-hybridized carbons (Fsp3) is 0.250. The number of aryl methyl sites for hydroxylation is 1. The van der Waals surface area contributed by atoms with Crippen molar-refractivity contribution in [2.75, 3.05) is 10.6 Å². The molecule has 1 amide bonds. The number of aromatic nitrogens is 1. The normalized spacial score (nSPS) is 9.77. The minimum absolute atomic E-state index is 0.104. The average molecular weight is 264 g/mol. The number of rotatable bonds is 2. The highest BCUT2D eigenvalue weighted by molar-refractivity contribution is 9.09. The smallest absolute Gasteiger partial charge is 0.235 e. The zero-order valence-corrected chi connectivity index (χ0v) is 9.32. The number of carbonyl (C=O) groups excluding carboxylic acids is 1. The molecule has 0 aromatic carbocycles. The Morgan fingerprint density at radius 3 is 2.92 bits per heavy atom. The van der Waals surface area contributed by atoms with Crippen molar-refractivity contribution < 1.29 is 4.79 Å². The molecule has 0 bridgehead atoms. The van der Waals surface area contributed by atoms with Crippen molar-refractivity contribution in [3.63, 3.8) is 0 Å². The van der Waals surface area contributed by atoms with Gasteiger partial charge in [-0.25, -0.2) is 4.98 Å². The second-order valence-electron chi connectivity index (χ2n) is 2.45. The van der Waals surface area contributed by atoms with Crippen LogP contribution in [0.2, 0.25) is 5.15 Å². The molecule has 1 rings (SSSR count). The molecular formula is C8H8BrClN2O. The van der Waals surface area contributed by atoms with Gasteiger partial charge in [-0.3, -0.25) is 4.79 Å². The van der Waals surface area contributed by atoms with E-state index >= 15 is 0 Å². The molecule has 0 unspecified atom stereocenters. The summed E-state index contributed by atoms with van der Waals surface area (Å²) in [6.45, 7) is 1.79. The molecule has 0 aliphatic carbocycles. The summed E-state index contributed by atoms with van der Waals surface area (Å²) in [7, 11) is 0. The van der Waals surface area contributed by atoms with Crippen molar-refractivity contribution in [1.29, 1.82) is 0 Å². The van der Waals surface area contributed by atoms with Crippen LogP contribution in [0.3, 0.4) is 0 Å². The van der Waals surface area contributed by atoms with Gasteiger partial charge in [0.2, 0.25) is 5.91 Å². The molecular weight excluding hydrogens is 255 g/mol. The van der Waals surface area contributed by atoms with E-state index in [2.05, 4.69) is 26.2 Å². The number of pyridine rings is 1. The standard InChI is InChI=1S/C8H8BrClN2O/c1-5-6(12-8(13)4-9)2-3-7(10)11-5/h2-3H,4H2,1H3,(H,12,13). The Kier molecular flexibility index (Phi) is 3.69. The number of carbonyl (C=O) groups is 1. The number of alkyl halides is 1. The summed E-state index contributed by atoms with van der Waals surface area (Å²) >= 11 is 8.71. The van der Waals surface area contributed by atoms with E-state index in [1.165, 1.54) is 0 Å². The van der Waals surface area contributed by atoms with Gasteiger partial charge < -0.3 is 5.32 Å². The molecule has 0 spiro atoms. The number of hydrogen-bond acceptors (Lipinski definition) is 2. The SMILES string of the molecule is Cc1nc(Cl)ccc1NC(=O)CBr. The number of nitrogens with zero attached hydrogens (tertiary/aromatic N) is 1. The van der Waals surface area contributed by atoms with Gasteiger partial charge in [-0.05, 0) is 19.1 Å². The average Bonchev–Trinajstić information content (AvgIpc) is 2.09. The lowest BCUT2D eigenvalue weighted by atomic mass is 10.3. The Hall–Kier alpha value is -0.610. The molecule has 5 heteroatoms. The first-order valence-electron chi connectivity index (χ1n) is 3.62. The number of hydrogen-bond donors (Lipinski definition) is 1. The fourth-order valence-corrected chi connectivity index (χ4v) is 1.18. The van der Waals surface area contributed by atoms with E-state index in [-0.39, 0.29) is 11.2 Å². The third-order valence-corrected chi connectivity index (χ3v) is 2.17. The fourth-order valence-electron chi connectivity index (χ4n) is 0.846. The lowest BCUT2D eigenvalue weighted by Crippen LogP contribution is -2.13. The number of anilines is 1. The molecule has 0 saturated carbocycles. The second kappa shape index (κ2) is 4.58. The Morgan fingerprint density at radius 1 is 1.69 bits per heavy atom. The van der Waals surface area contributed by atoms with Crippen LogP contribution in [0, 0.1) is 6.92 Å².